The van der Waals surface area contributed by atoms with E-state index in [4.69, 9.17) is 0 Å². The van der Waals surface area contributed by atoms with Crippen molar-refractivity contribution in [1.82, 2.24) is 0 Å². The van der Waals surface area contributed by atoms with Crippen molar-refractivity contribution in [3.63, 3.8) is 0 Å². The molecule has 2 aliphatic rings. The molecule has 1 heteroatoms. The molecule has 2 fully saturated rings. The first kappa shape index (κ1) is 17.6. The van der Waals surface area contributed by atoms with Crippen LogP contribution in [0.4, 0.5) is 0 Å². The van der Waals surface area contributed by atoms with E-state index in [-0.39, 0.29) is 0 Å². The zero-order chi connectivity index (χ0) is 16.3. The van der Waals surface area contributed by atoms with Crippen molar-refractivity contribution in [2.24, 2.45) is 47.3 Å². The molecular formula is C20H40Si. The molecule has 124 valence electrons. The van der Waals surface area contributed by atoms with Crippen molar-refractivity contribution in [1.29, 1.82) is 0 Å². The van der Waals surface area contributed by atoms with Crippen LogP contribution in [0.25, 0.3) is 0 Å². The molecule has 0 N–H and O–H groups in total. The summed E-state index contributed by atoms with van der Waals surface area (Å²) >= 11 is 0. The summed E-state index contributed by atoms with van der Waals surface area (Å²) in [6.45, 7) is 25.8. The molecule has 8 unspecified atom stereocenters. The molecule has 0 aliphatic heterocycles. The van der Waals surface area contributed by atoms with Gasteiger partial charge in [0.05, 0.1) is 8.07 Å². The predicted molar refractivity (Wildman–Crippen MR) is 98.3 cm³/mol. The van der Waals surface area contributed by atoms with Gasteiger partial charge in [0.15, 0.2) is 0 Å². The van der Waals surface area contributed by atoms with Crippen LogP contribution in [-0.2, 0) is 0 Å². The third kappa shape index (κ3) is 2.46. The summed E-state index contributed by atoms with van der Waals surface area (Å²) in [5.74, 6) is 7.39. The minimum absolute atomic E-state index is 0.915. The highest BCUT2D eigenvalue weighted by atomic mass is 28.3. The normalized spacial score (nSPS) is 55.1. The maximum atomic E-state index is 2.75. The molecule has 0 spiro atoms. The quantitative estimate of drug-likeness (QED) is 0.507. The molecule has 0 nitrogen and oxygen atoms in total. The lowest BCUT2D eigenvalue weighted by Gasteiger charge is -2.45. The molecule has 0 radical (unpaired) electrons. The van der Waals surface area contributed by atoms with Crippen LogP contribution in [0.1, 0.15) is 55.4 Å². The van der Waals surface area contributed by atoms with Gasteiger partial charge in [-0.3, -0.25) is 0 Å². The van der Waals surface area contributed by atoms with E-state index in [9.17, 15) is 0 Å². The topological polar surface area (TPSA) is 0 Å². The zero-order valence-corrected chi connectivity index (χ0v) is 17.3. The fraction of sp³-hybridized carbons (Fsp3) is 1.00. The van der Waals surface area contributed by atoms with Crippen LogP contribution in [0.2, 0.25) is 24.2 Å². The Morgan fingerprint density at radius 1 is 0.381 bits per heavy atom. The Labute approximate surface area is 135 Å². The van der Waals surface area contributed by atoms with E-state index in [1.165, 1.54) is 0 Å². The van der Waals surface area contributed by atoms with Crippen molar-refractivity contribution >= 4 is 8.07 Å². The second-order valence-corrected chi connectivity index (χ2v) is 14.7. The molecule has 2 aliphatic carbocycles. The summed E-state index contributed by atoms with van der Waals surface area (Å²) in [5, 5.41) is 0. The van der Waals surface area contributed by atoms with Crippen LogP contribution < -0.4 is 0 Å². The molecule has 2 saturated carbocycles. The first-order chi connectivity index (χ1) is 9.53. The Kier molecular flexibility index (Phi) is 4.76. The van der Waals surface area contributed by atoms with Crippen molar-refractivity contribution in [2.45, 2.75) is 79.6 Å². The first-order valence-corrected chi connectivity index (χ1v) is 12.7. The summed E-state index contributed by atoms with van der Waals surface area (Å²) in [6.07, 6.45) is 0. The summed E-state index contributed by atoms with van der Waals surface area (Å²) in [5.41, 5.74) is 2.05. The molecule has 0 aromatic heterocycles. The summed E-state index contributed by atoms with van der Waals surface area (Å²) in [6, 6.07) is 0. The van der Waals surface area contributed by atoms with E-state index in [1.807, 2.05) is 0 Å². The molecule has 10 atom stereocenters. The van der Waals surface area contributed by atoms with Gasteiger partial charge in [-0.1, -0.05) is 68.5 Å². The van der Waals surface area contributed by atoms with Crippen LogP contribution in [0.3, 0.4) is 0 Å². The van der Waals surface area contributed by atoms with Crippen LogP contribution in [0.5, 0.6) is 0 Å². The average Bonchev–Trinajstić information content (AvgIpc) is 2.72. The lowest BCUT2D eigenvalue weighted by atomic mass is 9.92. The van der Waals surface area contributed by atoms with Crippen molar-refractivity contribution in [3.05, 3.63) is 0 Å². The van der Waals surface area contributed by atoms with E-state index in [2.05, 4.69) is 68.5 Å². The molecule has 0 amide bonds. The summed E-state index contributed by atoms with van der Waals surface area (Å²) < 4.78 is 0. The van der Waals surface area contributed by atoms with Gasteiger partial charge >= 0.3 is 0 Å². The van der Waals surface area contributed by atoms with Gasteiger partial charge in [0, 0.05) is 0 Å². The third-order valence-corrected chi connectivity index (χ3v) is 14.5. The fourth-order valence-corrected chi connectivity index (χ4v) is 14.2. The predicted octanol–water partition coefficient (Wildman–Crippen LogP) is 6.55. The monoisotopic (exact) mass is 308 g/mol. The van der Waals surface area contributed by atoms with E-state index < -0.39 is 8.07 Å². The van der Waals surface area contributed by atoms with Crippen LogP contribution in [0, 0.1) is 47.3 Å². The van der Waals surface area contributed by atoms with Crippen molar-refractivity contribution < 1.29 is 0 Å². The van der Waals surface area contributed by atoms with Crippen molar-refractivity contribution in [2.75, 3.05) is 0 Å². The fourth-order valence-electron chi connectivity index (χ4n) is 7.11. The molecule has 0 saturated heterocycles. The Morgan fingerprint density at radius 2 is 0.571 bits per heavy atom. The van der Waals surface area contributed by atoms with Crippen LogP contribution in [-0.4, -0.2) is 8.07 Å². The van der Waals surface area contributed by atoms with Crippen molar-refractivity contribution in [3.8, 4) is 0 Å². The standard InChI is InChI=1S/C20H40Si/c1-11-12(2)16(6)19(15(11)5)21(9,10)20-17(7)13(3)14(4)18(20)8/h11-20H,1-10H3/t11?,12?,13?,14?,15-,16?,17+,18?,19?,20?. The summed E-state index contributed by atoms with van der Waals surface area (Å²) in [4.78, 5) is 0. The molecule has 0 heterocycles. The maximum Gasteiger partial charge on any atom is 0.0546 e. The number of hydrogen-bond acceptors (Lipinski definition) is 0. The van der Waals surface area contributed by atoms with Gasteiger partial charge in [0.25, 0.3) is 0 Å². The lowest BCUT2D eigenvalue weighted by Crippen LogP contribution is -2.45. The van der Waals surface area contributed by atoms with Crippen LogP contribution >= 0.6 is 0 Å². The van der Waals surface area contributed by atoms with Gasteiger partial charge < -0.3 is 0 Å². The highest BCUT2D eigenvalue weighted by molar-refractivity contribution is 6.80. The minimum atomic E-state index is -1.26. The Bertz CT molecular complexity index is 312. The van der Waals surface area contributed by atoms with Gasteiger partial charge in [-0.05, 0) is 58.4 Å². The molecule has 0 aromatic carbocycles. The zero-order valence-electron chi connectivity index (χ0n) is 16.3. The summed E-state index contributed by atoms with van der Waals surface area (Å²) in [7, 11) is -1.26. The third-order valence-electron chi connectivity index (χ3n) is 8.96. The van der Waals surface area contributed by atoms with E-state index in [1.54, 1.807) is 0 Å². The number of rotatable bonds is 2. The Morgan fingerprint density at radius 3 is 0.762 bits per heavy atom. The number of hydrogen-bond donors (Lipinski definition) is 0. The molecule has 0 aromatic rings. The Balaban J connectivity index is 2.34. The average molecular weight is 309 g/mol. The Hall–Kier alpha value is 0.217. The van der Waals surface area contributed by atoms with Crippen LogP contribution in [0.15, 0.2) is 0 Å². The highest BCUT2D eigenvalue weighted by Crippen LogP contribution is 2.62. The maximum absolute atomic E-state index is 2.75. The van der Waals surface area contributed by atoms with Gasteiger partial charge in [0.2, 0.25) is 0 Å². The molecule has 2 rings (SSSR count). The van der Waals surface area contributed by atoms with E-state index in [0.717, 1.165) is 58.4 Å². The highest BCUT2D eigenvalue weighted by Gasteiger charge is 2.57. The second-order valence-electron chi connectivity index (χ2n) is 9.75. The second kappa shape index (κ2) is 5.69. The first-order valence-electron chi connectivity index (χ1n) is 9.53. The minimum Gasteiger partial charge on any atom is -0.0689 e. The lowest BCUT2D eigenvalue weighted by molar-refractivity contribution is 0.352. The molecule has 21 heavy (non-hydrogen) atoms. The van der Waals surface area contributed by atoms with E-state index >= 15 is 0 Å². The largest absolute Gasteiger partial charge is 0.0689 e. The smallest absolute Gasteiger partial charge is 0.0546 e. The SMILES string of the molecule is CC1C(C)C([Si](C)(C)C2C(C)C(C)C(C)[C@@H]2C)[C@H](C)C1C. The van der Waals surface area contributed by atoms with Gasteiger partial charge in [0.1, 0.15) is 0 Å². The van der Waals surface area contributed by atoms with Gasteiger partial charge in [-0.15, -0.1) is 0 Å². The van der Waals surface area contributed by atoms with Gasteiger partial charge in [-0.2, -0.15) is 0 Å². The molecule has 0 bridgehead atoms. The van der Waals surface area contributed by atoms with Gasteiger partial charge in [-0.25, -0.2) is 0 Å². The molecular weight excluding hydrogens is 268 g/mol. The van der Waals surface area contributed by atoms with E-state index in [0.29, 0.717) is 0 Å².